The number of hydrogen-bond acceptors (Lipinski definition) is 2. The summed E-state index contributed by atoms with van der Waals surface area (Å²) >= 11 is 0. The lowest BCUT2D eigenvalue weighted by Gasteiger charge is -2.06. The Morgan fingerprint density at radius 1 is 1.17 bits per heavy atom. The molecule has 120 valence electrons. The maximum Gasteiger partial charge on any atom is 0.387 e. The minimum absolute atomic E-state index is 0.0566. The van der Waals surface area contributed by atoms with Crippen LogP contribution in [-0.2, 0) is 11.3 Å². The molecule has 0 atom stereocenters. The molecule has 2 rings (SSSR count). The van der Waals surface area contributed by atoms with Gasteiger partial charge in [0.2, 0.25) is 5.91 Å². The van der Waals surface area contributed by atoms with E-state index in [0.717, 1.165) is 5.56 Å². The summed E-state index contributed by atoms with van der Waals surface area (Å²) in [6, 6.07) is 11.8. The fourth-order valence-electron chi connectivity index (χ4n) is 1.82. The molecule has 1 N–H and O–H groups in total. The van der Waals surface area contributed by atoms with Crippen LogP contribution in [0.15, 0.2) is 54.6 Å². The zero-order valence-corrected chi connectivity index (χ0v) is 12.0. The molecule has 2 aromatic rings. The topological polar surface area (TPSA) is 38.3 Å². The summed E-state index contributed by atoms with van der Waals surface area (Å²) in [4.78, 5) is 11.7. The molecule has 6 heteroatoms. The summed E-state index contributed by atoms with van der Waals surface area (Å²) in [5.74, 6) is -0.665. The van der Waals surface area contributed by atoms with Gasteiger partial charge in [-0.1, -0.05) is 24.3 Å². The van der Waals surface area contributed by atoms with Gasteiger partial charge in [-0.25, -0.2) is 4.39 Å². The van der Waals surface area contributed by atoms with E-state index >= 15 is 0 Å². The summed E-state index contributed by atoms with van der Waals surface area (Å²) in [6.45, 7) is -2.63. The molecule has 0 aliphatic carbocycles. The number of carbonyl (C=O) groups excluding carboxylic acids is 1. The molecule has 0 bridgehead atoms. The highest BCUT2D eigenvalue weighted by Gasteiger charge is 2.04. The van der Waals surface area contributed by atoms with Crippen molar-refractivity contribution in [3.8, 4) is 5.75 Å². The van der Waals surface area contributed by atoms with Crippen molar-refractivity contribution in [2.24, 2.45) is 0 Å². The van der Waals surface area contributed by atoms with Crippen LogP contribution < -0.4 is 10.1 Å². The Labute approximate surface area is 131 Å². The quantitative estimate of drug-likeness (QED) is 0.823. The molecule has 2 aromatic carbocycles. The lowest BCUT2D eigenvalue weighted by Crippen LogP contribution is -2.20. The number of rotatable bonds is 6. The van der Waals surface area contributed by atoms with Gasteiger partial charge in [-0.15, -0.1) is 0 Å². The zero-order valence-electron chi connectivity index (χ0n) is 12.0. The minimum Gasteiger partial charge on any atom is -0.435 e. The van der Waals surface area contributed by atoms with Crippen LogP contribution in [0.25, 0.3) is 6.08 Å². The number of amides is 1. The van der Waals surface area contributed by atoms with Gasteiger partial charge >= 0.3 is 6.61 Å². The molecular formula is C17H14F3NO2. The van der Waals surface area contributed by atoms with Gasteiger partial charge in [0.05, 0.1) is 0 Å². The van der Waals surface area contributed by atoms with E-state index in [4.69, 9.17) is 0 Å². The fraction of sp³-hybridized carbons (Fsp3) is 0.118. The maximum atomic E-state index is 13.0. The van der Waals surface area contributed by atoms with E-state index in [2.05, 4.69) is 10.1 Å². The number of hydrogen-bond donors (Lipinski definition) is 1. The smallest absolute Gasteiger partial charge is 0.387 e. The second-order valence-corrected chi connectivity index (χ2v) is 4.63. The Bertz CT molecular complexity index is 684. The highest BCUT2D eigenvalue weighted by molar-refractivity contribution is 5.91. The van der Waals surface area contributed by atoms with Gasteiger partial charge in [-0.3, -0.25) is 4.79 Å². The molecule has 0 radical (unpaired) electrons. The van der Waals surface area contributed by atoms with Crippen LogP contribution in [-0.4, -0.2) is 12.5 Å². The summed E-state index contributed by atoms with van der Waals surface area (Å²) in [7, 11) is 0. The second-order valence-electron chi connectivity index (χ2n) is 4.63. The van der Waals surface area contributed by atoms with E-state index in [1.165, 1.54) is 36.4 Å². The maximum absolute atomic E-state index is 13.0. The number of ether oxygens (including phenoxy) is 1. The van der Waals surface area contributed by atoms with E-state index in [1.54, 1.807) is 24.3 Å². The third-order valence-electron chi connectivity index (χ3n) is 2.89. The summed E-state index contributed by atoms with van der Waals surface area (Å²) in [5, 5.41) is 2.64. The Morgan fingerprint density at radius 2 is 1.91 bits per heavy atom. The molecule has 0 aliphatic heterocycles. The largest absolute Gasteiger partial charge is 0.435 e. The highest BCUT2D eigenvalue weighted by atomic mass is 19.3. The molecule has 0 heterocycles. The Hall–Kier alpha value is -2.76. The van der Waals surface area contributed by atoms with Crippen molar-refractivity contribution in [3.05, 3.63) is 71.6 Å². The Morgan fingerprint density at radius 3 is 2.57 bits per heavy atom. The van der Waals surface area contributed by atoms with Gasteiger partial charge in [0.1, 0.15) is 11.6 Å². The Balaban J connectivity index is 1.84. The highest BCUT2D eigenvalue weighted by Crippen LogP contribution is 2.14. The normalized spacial score (nSPS) is 11.0. The predicted molar refractivity (Wildman–Crippen MR) is 80.4 cm³/mol. The van der Waals surface area contributed by atoms with Crippen molar-refractivity contribution in [3.63, 3.8) is 0 Å². The van der Waals surface area contributed by atoms with Crippen molar-refractivity contribution in [1.82, 2.24) is 5.32 Å². The molecule has 3 nitrogen and oxygen atoms in total. The first-order chi connectivity index (χ1) is 11.0. The number of alkyl halides is 2. The van der Waals surface area contributed by atoms with Gasteiger partial charge in [0.15, 0.2) is 0 Å². The summed E-state index contributed by atoms with van der Waals surface area (Å²) in [5.41, 5.74) is 1.31. The van der Waals surface area contributed by atoms with E-state index in [9.17, 15) is 18.0 Å². The van der Waals surface area contributed by atoms with Crippen molar-refractivity contribution in [1.29, 1.82) is 0 Å². The average Bonchev–Trinajstić information content (AvgIpc) is 2.52. The van der Waals surface area contributed by atoms with Crippen LogP contribution in [0.1, 0.15) is 11.1 Å². The van der Waals surface area contributed by atoms with E-state index in [1.807, 2.05) is 0 Å². The number of carbonyl (C=O) groups is 1. The fourth-order valence-corrected chi connectivity index (χ4v) is 1.82. The van der Waals surface area contributed by atoms with Gasteiger partial charge < -0.3 is 10.1 Å². The lowest BCUT2D eigenvalue weighted by atomic mass is 10.2. The lowest BCUT2D eigenvalue weighted by molar-refractivity contribution is -0.116. The van der Waals surface area contributed by atoms with Gasteiger partial charge in [0.25, 0.3) is 0 Å². The number of halogens is 3. The average molecular weight is 321 g/mol. The summed E-state index contributed by atoms with van der Waals surface area (Å²) < 4.78 is 41.2. The molecule has 0 aliphatic rings. The molecule has 0 aromatic heterocycles. The van der Waals surface area contributed by atoms with Crippen LogP contribution in [0.4, 0.5) is 13.2 Å². The molecule has 0 spiro atoms. The van der Waals surface area contributed by atoms with Crippen molar-refractivity contribution in [2.75, 3.05) is 0 Å². The third-order valence-corrected chi connectivity index (χ3v) is 2.89. The Kier molecular flexibility index (Phi) is 5.80. The molecule has 0 unspecified atom stereocenters. The molecule has 1 amide bonds. The van der Waals surface area contributed by atoms with Crippen LogP contribution >= 0.6 is 0 Å². The van der Waals surface area contributed by atoms with Crippen molar-refractivity contribution < 1.29 is 22.7 Å². The molecular weight excluding hydrogens is 307 g/mol. The minimum atomic E-state index is -2.87. The predicted octanol–water partition coefficient (Wildman–Crippen LogP) is 3.76. The van der Waals surface area contributed by atoms with Crippen molar-refractivity contribution in [2.45, 2.75) is 13.2 Å². The zero-order chi connectivity index (χ0) is 16.7. The SMILES string of the molecule is O=C(C=Cc1cccc(F)c1)NCc1ccc(OC(F)F)cc1. The van der Waals surface area contributed by atoms with Gasteiger partial charge in [-0.2, -0.15) is 8.78 Å². The monoisotopic (exact) mass is 321 g/mol. The number of nitrogens with one attached hydrogen (secondary N) is 1. The number of benzene rings is 2. The second kappa shape index (κ2) is 8.03. The first-order valence-electron chi connectivity index (χ1n) is 6.78. The summed E-state index contributed by atoms with van der Waals surface area (Å²) in [6.07, 6.45) is 2.79. The van der Waals surface area contributed by atoms with Crippen LogP contribution in [0.2, 0.25) is 0 Å². The van der Waals surface area contributed by atoms with Gasteiger partial charge in [-0.05, 0) is 41.5 Å². The standard InChI is InChI=1S/C17H14F3NO2/c18-14-3-1-2-12(10-14)6-9-16(22)21-11-13-4-7-15(8-5-13)23-17(19)20/h1-10,17H,11H2,(H,21,22). The molecule has 0 saturated carbocycles. The van der Waals surface area contributed by atoms with Crippen LogP contribution in [0, 0.1) is 5.82 Å². The first kappa shape index (κ1) is 16.6. The van der Waals surface area contributed by atoms with Gasteiger partial charge in [0, 0.05) is 12.6 Å². The molecule has 0 saturated heterocycles. The van der Waals surface area contributed by atoms with Crippen LogP contribution in [0.3, 0.4) is 0 Å². The molecule has 23 heavy (non-hydrogen) atoms. The van der Waals surface area contributed by atoms with Crippen molar-refractivity contribution >= 4 is 12.0 Å². The first-order valence-corrected chi connectivity index (χ1v) is 6.78. The van der Waals surface area contributed by atoms with E-state index < -0.39 is 6.61 Å². The molecule has 0 fully saturated rings. The van der Waals surface area contributed by atoms with E-state index in [0.29, 0.717) is 5.56 Å². The van der Waals surface area contributed by atoms with E-state index in [-0.39, 0.29) is 24.0 Å². The third kappa shape index (κ3) is 5.86. The van der Waals surface area contributed by atoms with Crippen LogP contribution in [0.5, 0.6) is 5.75 Å².